The Morgan fingerprint density at radius 3 is 1.94 bits per heavy atom. The van der Waals surface area contributed by atoms with Gasteiger partial charge in [0.1, 0.15) is 18.4 Å². The zero-order chi connectivity index (χ0) is 26.5. The first kappa shape index (κ1) is 29.4. The molecule has 0 aliphatic heterocycles. The number of ether oxygens (including phenoxy) is 1. The van der Waals surface area contributed by atoms with Crippen LogP contribution in [0.1, 0.15) is 70.3 Å². The minimum absolute atomic E-state index is 0.0363. The summed E-state index contributed by atoms with van der Waals surface area (Å²) in [6, 6.07) is 17.2. The summed E-state index contributed by atoms with van der Waals surface area (Å²) < 4.78 is 5.98. The van der Waals surface area contributed by atoms with Crippen molar-refractivity contribution in [1.29, 1.82) is 0 Å². The third-order valence-corrected chi connectivity index (χ3v) is 6.25. The highest BCUT2D eigenvalue weighted by Crippen LogP contribution is 2.16. The van der Waals surface area contributed by atoms with Gasteiger partial charge in [-0.1, -0.05) is 44.2 Å². The van der Waals surface area contributed by atoms with Gasteiger partial charge in [-0.3, -0.25) is 14.5 Å². The van der Waals surface area contributed by atoms with Crippen LogP contribution in [-0.4, -0.2) is 66.0 Å². The number of nitrogens with one attached hydrogen (secondary N) is 1. The predicted octanol–water partition coefficient (Wildman–Crippen LogP) is 5.17. The summed E-state index contributed by atoms with van der Waals surface area (Å²) >= 11 is 0. The number of nitrogens with zero attached hydrogens (tertiary/aromatic N) is 2. The molecule has 0 aliphatic rings. The smallest absolute Gasteiger partial charge is 0.251 e. The van der Waals surface area contributed by atoms with Gasteiger partial charge in [0.05, 0.1) is 0 Å². The summed E-state index contributed by atoms with van der Waals surface area (Å²) in [6.07, 6.45) is 2.18. The SMILES string of the molecule is CCCN(CCC)C(=O)C(Cc1ccc(OCCN(C(C)C)C(C)C)cc1)NC(=O)c1ccccc1. The Labute approximate surface area is 218 Å². The average molecular weight is 496 g/mol. The van der Waals surface area contributed by atoms with Crippen molar-refractivity contribution in [1.82, 2.24) is 15.1 Å². The van der Waals surface area contributed by atoms with E-state index in [4.69, 9.17) is 4.74 Å². The molecule has 0 aliphatic carbocycles. The Balaban J connectivity index is 2.10. The van der Waals surface area contributed by atoms with Crippen molar-refractivity contribution in [2.24, 2.45) is 0 Å². The van der Waals surface area contributed by atoms with E-state index in [1.807, 2.05) is 47.4 Å². The van der Waals surface area contributed by atoms with Crippen molar-refractivity contribution in [3.63, 3.8) is 0 Å². The lowest BCUT2D eigenvalue weighted by Crippen LogP contribution is -2.50. The van der Waals surface area contributed by atoms with Crippen molar-refractivity contribution in [3.05, 3.63) is 65.7 Å². The van der Waals surface area contributed by atoms with Crippen molar-refractivity contribution in [3.8, 4) is 5.75 Å². The molecule has 2 rings (SSSR count). The summed E-state index contributed by atoms with van der Waals surface area (Å²) in [5.41, 5.74) is 1.53. The molecule has 0 saturated carbocycles. The normalized spacial score (nSPS) is 12.1. The fourth-order valence-corrected chi connectivity index (χ4v) is 4.46. The minimum atomic E-state index is -0.631. The standard InChI is InChI=1S/C30H45N3O3/c1-7-18-32(19-8-2)30(35)28(31-29(34)26-12-10-9-11-13-26)22-25-14-16-27(17-15-25)36-21-20-33(23(3)4)24(5)6/h9-17,23-24,28H,7-8,18-22H2,1-6H3,(H,31,34). The van der Waals surface area contributed by atoms with Crippen molar-refractivity contribution >= 4 is 11.8 Å². The predicted molar refractivity (Wildman–Crippen MR) is 147 cm³/mol. The van der Waals surface area contributed by atoms with Gasteiger partial charge < -0.3 is 15.0 Å². The van der Waals surface area contributed by atoms with Gasteiger partial charge in [0, 0.05) is 43.7 Å². The fraction of sp³-hybridized carbons (Fsp3) is 0.533. The van der Waals surface area contributed by atoms with Crippen LogP contribution < -0.4 is 10.1 Å². The molecule has 198 valence electrons. The first-order chi connectivity index (χ1) is 17.3. The third-order valence-electron chi connectivity index (χ3n) is 6.25. The Hall–Kier alpha value is -2.86. The molecule has 0 bridgehead atoms. The lowest BCUT2D eigenvalue weighted by molar-refractivity contribution is -0.133. The molecule has 36 heavy (non-hydrogen) atoms. The Kier molecular flexibility index (Phi) is 12.5. The molecule has 2 amide bonds. The monoisotopic (exact) mass is 495 g/mol. The van der Waals surface area contributed by atoms with E-state index in [9.17, 15) is 9.59 Å². The molecule has 2 aromatic carbocycles. The topological polar surface area (TPSA) is 61.9 Å². The van der Waals surface area contributed by atoms with Gasteiger partial charge in [0.25, 0.3) is 5.91 Å². The first-order valence-electron chi connectivity index (χ1n) is 13.4. The number of benzene rings is 2. The summed E-state index contributed by atoms with van der Waals surface area (Å²) in [4.78, 5) is 30.6. The molecule has 0 fully saturated rings. The van der Waals surface area contributed by atoms with Crippen LogP contribution in [0.15, 0.2) is 54.6 Å². The Morgan fingerprint density at radius 1 is 0.833 bits per heavy atom. The van der Waals surface area contributed by atoms with E-state index in [1.54, 1.807) is 12.1 Å². The number of hydrogen-bond acceptors (Lipinski definition) is 4. The maximum Gasteiger partial charge on any atom is 0.251 e. The van der Waals surface area contributed by atoms with Gasteiger partial charge in [-0.15, -0.1) is 0 Å². The second-order valence-corrected chi connectivity index (χ2v) is 9.84. The number of rotatable bonds is 15. The zero-order valence-electron chi connectivity index (χ0n) is 23.0. The molecule has 0 radical (unpaired) electrons. The molecule has 0 spiro atoms. The van der Waals surface area contributed by atoms with Gasteiger partial charge in [-0.05, 0) is 70.4 Å². The quantitative estimate of drug-likeness (QED) is 0.370. The van der Waals surface area contributed by atoms with E-state index in [2.05, 4.69) is 51.8 Å². The van der Waals surface area contributed by atoms with E-state index in [0.717, 1.165) is 30.7 Å². The lowest BCUT2D eigenvalue weighted by atomic mass is 10.0. The second-order valence-electron chi connectivity index (χ2n) is 9.84. The van der Waals surface area contributed by atoms with E-state index in [-0.39, 0.29) is 11.8 Å². The Morgan fingerprint density at radius 2 is 1.42 bits per heavy atom. The summed E-state index contributed by atoms with van der Waals surface area (Å²) in [5.74, 6) is 0.536. The van der Waals surface area contributed by atoms with Crippen LogP contribution in [0.3, 0.4) is 0 Å². The maximum absolute atomic E-state index is 13.5. The van der Waals surface area contributed by atoms with Crippen molar-refractivity contribution < 1.29 is 14.3 Å². The fourth-order valence-electron chi connectivity index (χ4n) is 4.46. The van der Waals surface area contributed by atoms with Crippen LogP contribution in [-0.2, 0) is 11.2 Å². The van der Waals surface area contributed by atoms with Gasteiger partial charge in [0.2, 0.25) is 5.91 Å². The summed E-state index contributed by atoms with van der Waals surface area (Å²) in [6.45, 7) is 15.8. The van der Waals surface area contributed by atoms with Crippen LogP contribution in [0.2, 0.25) is 0 Å². The highest BCUT2D eigenvalue weighted by molar-refractivity contribution is 5.97. The van der Waals surface area contributed by atoms with Crippen molar-refractivity contribution in [2.45, 2.75) is 78.9 Å². The van der Waals surface area contributed by atoms with Crippen LogP contribution in [0.25, 0.3) is 0 Å². The van der Waals surface area contributed by atoms with Gasteiger partial charge in [-0.2, -0.15) is 0 Å². The highest BCUT2D eigenvalue weighted by Gasteiger charge is 2.26. The van der Waals surface area contributed by atoms with E-state index < -0.39 is 6.04 Å². The molecule has 1 atom stereocenters. The highest BCUT2D eigenvalue weighted by atomic mass is 16.5. The largest absolute Gasteiger partial charge is 0.492 e. The van der Waals surface area contributed by atoms with E-state index in [0.29, 0.717) is 43.8 Å². The third kappa shape index (κ3) is 9.30. The van der Waals surface area contributed by atoms with E-state index in [1.165, 1.54) is 0 Å². The summed E-state index contributed by atoms with van der Waals surface area (Å²) in [5, 5.41) is 2.99. The van der Waals surface area contributed by atoms with Gasteiger partial charge in [0.15, 0.2) is 0 Å². The lowest BCUT2D eigenvalue weighted by Gasteiger charge is -2.30. The maximum atomic E-state index is 13.5. The van der Waals surface area contributed by atoms with Crippen LogP contribution >= 0.6 is 0 Å². The number of carbonyl (C=O) groups is 2. The number of carbonyl (C=O) groups excluding carboxylic acids is 2. The van der Waals surface area contributed by atoms with Crippen LogP contribution in [0, 0.1) is 0 Å². The molecule has 1 N–H and O–H groups in total. The second kappa shape index (κ2) is 15.3. The minimum Gasteiger partial charge on any atom is -0.492 e. The Bertz CT molecular complexity index is 899. The average Bonchev–Trinajstić information content (AvgIpc) is 2.86. The van der Waals surface area contributed by atoms with E-state index >= 15 is 0 Å². The molecule has 1 unspecified atom stereocenters. The van der Waals surface area contributed by atoms with Crippen LogP contribution in [0.4, 0.5) is 0 Å². The molecule has 0 aromatic heterocycles. The zero-order valence-corrected chi connectivity index (χ0v) is 23.0. The molecule has 2 aromatic rings. The van der Waals surface area contributed by atoms with Crippen LogP contribution in [0.5, 0.6) is 5.75 Å². The van der Waals surface area contributed by atoms with Crippen molar-refractivity contribution in [2.75, 3.05) is 26.2 Å². The number of hydrogen-bond donors (Lipinski definition) is 1. The molecular formula is C30H45N3O3. The molecule has 6 nitrogen and oxygen atoms in total. The molecule has 0 saturated heterocycles. The molecule has 0 heterocycles. The molecular weight excluding hydrogens is 450 g/mol. The van der Waals surface area contributed by atoms with Gasteiger partial charge >= 0.3 is 0 Å². The summed E-state index contributed by atoms with van der Waals surface area (Å²) in [7, 11) is 0. The number of amides is 2. The first-order valence-corrected chi connectivity index (χ1v) is 13.4. The van der Waals surface area contributed by atoms with Gasteiger partial charge in [-0.25, -0.2) is 0 Å². The molecule has 6 heteroatoms.